The molecule has 2 heterocycles. The molecule has 7 heteroatoms. The summed E-state index contributed by atoms with van der Waals surface area (Å²) in [7, 11) is 0. The highest BCUT2D eigenvalue weighted by molar-refractivity contribution is 7.16. The van der Waals surface area contributed by atoms with Gasteiger partial charge in [-0.2, -0.15) is 5.10 Å². The van der Waals surface area contributed by atoms with E-state index in [4.69, 9.17) is 28.9 Å². The fourth-order valence-corrected chi connectivity index (χ4v) is 2.67. The third-order valence-corrected chi connectivity index (χ3v) is 4.16. The van der Waals surface area contributed by atoms with Crippen molar-refractivity contribution < 1.29 is 0 Å². The zero-order valence-corrected chi connectivity index (χ0v) is 11.4. The zero-order chi connectivity index (χ0) is 12.7. The average Bonchev–Trinajstić information content (AvgIpc) is 2.90. The topological polar surface area (TPSA) is 56.2 Å². The number of rotatable bonds is 2. The summed E-state index contributed by atoms with van der Waals surface area (Å²) in [6, 6.07) is 5.43. The average molecular weight is 299 g/mol. The monoisotopic (exact) mass is 298 g/mol. The number of imidazole rings is 1. The fourth-order valence-electron chi connectivity index (χ4n) is 1.62. The van der Waals surface area contributed by atoms with Crippen LogP contribution in [0.1, 0.15) is 5.01 Å². The molecule has 0 aliphatic carbocycles. The van der Waals surface area contributed by atoms with E-state index in [0.717, 1.165) is 21.2 Å². The highest BCUT2D eigenvalue weighted by atomic mass is 35.5. The molecule has 0 fully saturated rings. The van der Waals surface area contributed by atoms with Crippen molar-refractivity contribution in [3.05, 3.63) is 39.4 Å². The van der Waals surface area contributed by atoms with Gasteiger partial charge in [0.2, 0.25) is 4.96 Å². The van der Waals surface area contributed by atoms with Crippen molar-refractivity contribution in [2.24, 2.45) is 5.73 Å². The van der Waals surface area contributed by atoms with Crippen LogP contribution >= 0.6 is 34.5 Å². The second-order valence-electron chi connectivity index (χ2n) is 3.68. The second-order valence-corrected chi connectivity index (χ2v) is 5.54. The number of halogens is 2. The fraction of sp³-hybridized carbons (Fsp3) is 0.0909. The quantitative estimate of drug-likeness (QED) is 0.790. The third kappa shape index (κ3) is 1.99. The number of nitrogens with zero attached hydrogens (tertiary/aromatic N) is 3. The lowest BCUT2D eigenvalue weighted by Gasteiger charge is -1.98. The molecular weight excluding hydrogens is 291 g/mol. The zero-order valence-electron chi connectivity index (χ0n) is 9.10. The summed E-state index contributed by atoms with van der Waals surface area (Å²) in [5.74, 6) is 0. The Kier molecular flexibility index (Phi) is 2.99. The van der Waals surface area contributed by atoms with E-state index in [1.165, 1.54) is 11.3 Å². The van der Waals surface area contributed by atoms with Crippen LogP contribution in [0.25, 0.3) is 16.2 Å². The van der Waals surface area contributed by atoms with Crippen LogP contribution in [0.4, 0.5) is 0 Å². The van der Waals surface area contributed by atoms with Crippen LogP contribution in [0, 0.1) is 0 Å². The van der Waals surface area contributed by atoms with Gasteiger partial charge in [-0.05, 0) is 12.1 Å². The summed E-state index contributed by atoms with van der Waals surface area (Å²) in [6.45, 7) is 0.427. The molecule has 0 amide bonds. The number of benzene rings is 1. The van der Waals surface area contributed by atoms with E-state index in [0.29, 0.717) is 16.6 Å². The maximum atomic E-state index is 5.99. The Morgan fingerprint density at radius 1 is 1.28 bits per heavy atom. The summed E-state index contributed by atoms with van der Waals surface area (Å²) in [4.78, 5) is 5.30. The largest absolute Gasteiger partial charge is 0.324 e. The summed E-state index contributed by atoms with van der Waals surface area (Å²) >= 11 is 13.3. The lowest BCUT2D eigenvalue weighted by Crippen LogP contribution is -1.95. The van der Waals surface area contributed by atoms with Crippen molar-refractivity contribution in [3.8, 4) is 11.3 Å². The van der Waals surface area contributed by atoms with Crippen LogP contribution in [0.2, 0.25) is 10.0 Å². The molecule has 2 N–H and O–H groups in total. The minimum atomic E-state index is 0.427. The number of aromatic nitrogens is 3. The maximum Gasteiger partial charge on any atom is 0.212 e. The Balaban J connectivity index is 2.07. The minimum absolute atomic E-state index is 0.427. The molecule has 2 aromatic heterocycles. The number of hydrogen-bond acceptors (Lipinski definition) is 4. The van der Waals surface area contributed by atoms with Gasteiger partial charge in [-0.15, -0.1) is 0 Å². The lowest BCUT2D eigenvalue weighted by atomic mass is 10.2. The first-order valence-corrected chi connectivity index (χ1v) is 6.75. The van der Waals surface area contributed by atoms with E-state index in [2.05, 4.69) is 10.1 Å². The number of fused-ring (bicyclic) bond motifs is 1. The second kappa shape index (κ2) is 4.51. The predicted octanol–water partition coefficient (Wildman–Crippen LogP) is 3.22. The molecule has 18 heavy (non-hydrogen) atoms. The highest BCUT2D eigenvalue weighted by Crippen LogP contribution is 2.28. The van der Waals surface area contributed by atoms with Crippen molar-refractivity contribution in [2.45, 2.75) is 6.54 Å². The van der Waals surface area contributed by atoms with Gasteiger partial charge in [0.15, 0.2) is 0 Å². The Bertz CT molecular complexity index is 687. The summed E-state index contributed by atoms with van der Waals surface area (Å²) < 4.78 is 1.73. The van der Waals surface area contributed by atoms with Gasteiger partial charge < -0.3 is 5.73 Å². The number of hydrogen-bond donors (Lipinski definition) is 1. The van der Waals surface area contributed by atoms with Crippen molar-refractivity contribution in [1.82, 2.24) is 14.6 Å². The number of nitrogens with two attached hydrogens (primary N) is 1. The van der Waals surface area contributed by atoms with Crippen LogP contribution < -0.4 is 5.73 Å². The van der Waals surface area contributed by atoms with Crippen LogP contribution in [0.5, 0.6) is 0 Å². The highest BCUT2D eigenvalue weighted by Gasteiger charge is 2.10. The smallest absolute Gasteiger partial charge is 0.212 e. The van der Waals surface area contributed by atoms with Gasteiger partial charge in [0.1, 0.15) is 5.01 Å². The molecule has 3 aromatic rings. The van der Waals surface area contributed by atoms with Crippen LogP contribution in [0.3, 0.4) is 0 Å². The van der Waals surface area contributed by atoms with Gasteiger partial charge >= 0.3 is 0 Å². The summed E-state index contributed by atoms with van der Waals surface area (Å²) in [5, 5.41) is 6.21. The molecule has 0 saturated carbocycles. The van der Waals surface area contributed by atoms with E-state index in [1.54, 1.807) is 16.6 Å². The lowest BCUT2D eigenvalue weighted by molar-refractivity contribution is 0.897. The molecule has 0 aliphatic heterocycles. The van der Waals surface area contributed by atoms with Gasteiger partial charge in [0.25, 0.3) is 0 Å². The van der Waals surface area contributed by atoms with Gasteiger partial charge in [-0.1, -0.05) is 40.6 Å². The first-order valence-electron chi connectivity index (χ1n) is 5.18. The molecule has 0 saturated heterocycles. The molecule has 1 aromatic carbocycles. The Morgan fingerprint density at radius 2 is 2.11 bits per heavy atom. The first kappa shape index (κ1) is 11.9. The predicted molar refractivity (Wildman–Crippen MR) is 74.2 cm³/mol. The first-order chi connectivity index (χ1) is 8.67. The van der Waals surface area contributed by atoms with E-state index in [1.807, 2.05) is 12.3 Å². The summed E-state index contributed by atoms with van der Waals surface area (Å²) in [5.41, 5.74) is 7.26. The molecule has 0 aliphatic rings. The van der Waals surface area contributed by atoms with E-state index < -0.39 is 0 Å². The Hall–Kier alpha value is -1.14. The molecule has 0 atom stereocenters. The van der Waals surface area contributed by atoms with E-state index in [9.17, 15) is 0 Å². The van der Waals surface area contributed by atoms with Crippen molar-refractivity contribution in [3.63, 3.8) is 0 Å². The van der Waals surface area contributed by atoms with Crippen LogP contribution in [-0.2, 0) is 6.54 Å². The molecule has 0 spiro atoms. The molecule has 3 rings (SSSR count). The van der Waals surface area contributed by atoms with E-state index >= 15 is 0 Å². The SMILES string of the molecule is NCc1nn2cc(-c3ccc(Cl)c(Cl)c3)nc2s1. The van der Waals surface area contributed by atoms with Crippen molar-refractivity contribution >= 4 is 39.5 Å². The third-order valence-electron chi connectivity index (χ3n) is 2.48. The van der Waals surface area contributed by atoms with Gasteiger partial charge in [-0.25, -0.2) is 9.50 Å². The molecule has 0 radical (unpaired) electrons. The standard InChI is InChI=1S/C11H8Cl2N4S/c12-7-2-1-6(3-8(7)13)9-5-17-11(15-9)18-10(4-14)16-17/h1-3,5H,4,14H2. The minimum Gasteiger partial charge on any atom is -0.324 e. The van der Waals surface area contributed by atoms with Gasteiger partial charge in [-0.3, -0.25) is 0 Å². The maximum absolute atomic E-state index is 5.99. The van der Waals surface area contributed by atoms with Crippen molar-refractivity contribution in [1.29, 1.82) is 0 Å². The molecule has 92 valence electrons. The molecule has 4 nitrogen and oxygen atoms in total. The molecule has 0 bridgehead atoms. The normalized spacial score (nSPS) is 11.3. The van der Waals surface area contributed by atoms with Gasteiger partial charge in [0.05, 0.1) is 21.9 Å². The Morgan fingerprint density at radius 3 is 2.78 bits per heavy atom. The van der Waals surface area contributed by atoms with Crippen molar-refractivity contribution in [2.75, 3.05) is 0 Å². The molecular formula is C11H8Cl2N4S. The van der Waals surface area contributed by atoms with E-state index in [-0.39, 0.29) is 0 Å². The molecule has 0 unspecified atom stereocenters. The van der Waals surface area contributed by atoms with Crippen LogP contribution in [0.15, 0.2) is 24.4 Å². The Labute approximate surface area is 117 Å². The van der Waals surface area contributed by atoms with Gasteiger partial charge in [0, 0.05) is 12.1 Å². The summed E-state index contributed by atoms with van der Waals surface area (Å²) in [6.07, 6.45) is 1.85. The van der Waals surface area contributed by atoms with Crippen LogP contribution in [-0.4, -0.2) is 14.6 Å².